The van der Waals surface area contributed by atoms with Gasteiger partial charge in [-0.15, -0.1) is 0 Å². The molecule has 0 spiro atoms. The Morgan fingerprint density at radius 3 is 2.60 bits per heavy atom. The van der Waals surface area contributed by atoms with Crippen LogP contribution in [0, 0.1) is 11.2 Å². The summed E-state index contributed by atoms with van der Waals surface area (Å²) in [5, 5.41) is 9.76. The van der Waals surface area contributed by atoms with Gasteiger partial charge in [0.25, 0.3) is 5.91 Å². The van der Waals surface area contributed by atoms with E-state index < -0.39 is 5.82 Å². The highest BCUT2D eigenvalue weighted by Crippen LogP contribution is 2.34. The minimum absolute atomic E-state index is 0.0578. The van der Waals surface area contributed by atoms with Crippen molar-refractivity contribution in [3.63, 3.8) is 0 Å². The maximum absolute atomic E-state index is 13.8. The molecule has 0 aliphatic carbocycles. The number of hydrogen-bond acceptors (Lipinski definition) is 2. The van der Waals surface area contributed by atoms with Gasteiger partial charge in [-0.1, -0.05) is 18.5 Å². The van der Waals surface area contributed by atoms with E-state index in [-0.39, 0.29) is 28.5 Å². The standard InChI is InChI=1S/C15H19ClFNO2/c1-2-15(10-19)5-7-18(8-6-15)14(20)12-4-3-11(16)9-13(12)17/h3-4,9,19H,2,5-8,10H2,1H3. The lowest BCUT2D eigenvalue weighted by Gasteiger charge is -2.40. The SMILES string of the molecule is CCC1(CO)CCN(C(=O)c2ccc(Cl)cc2F)CC1. The molecule has 20 heavy (non-hydrogen) atoms. The summed E-state index contributed by atoms with van der Waals surface area (Å²) in [6, 6.07) is 4.10. The summed E-state index contributed by atoms with van der Waals surface area (Å²) in [6.45, 7) is 3.29. The summed E-state index contributed by atoms with van der Waals surface area (Å²) in [5.74, 6) is -0.890. The molecule has 1 amide bonds. The van der Waals surface area contributed by atoms with Crippen LogP contribution in [-0.2, 0) is 0 Å². The Kier molecular flexibility index (Phi) is 4.66. The first-order chi connectivity index (χ1) is 9.51. The monoisotopic (exact) mass is 299 g/mol. The molecule has 1 aliphatic heterocycles. The van der Waals surface area contributed by atoms with Crippen LogP contribution in [0.3, 0.4) is 0 Å². The summed E-state index contributed by atoms with van der Waals surface area (Å²) >= 11 is 5.69. The van der Waals surface area contributed by atoms with Crippen molar-refractivity contribution < 1.29 is 14.3 Å². The first-order valence-electron chi connectivity index (χ1n) is 6.86. The Bertz CT molecular complexity index is 493. The smallest absolute Gasteiger partial charge is 0.256 e. The highest BCUT2D eigenvalue weighted by atomic mass is 35.5. The van der Waals surface area contributed by atoms with E-state index in [0.717, 1.165) is 25.3 Å². The van der Waals surface area contributed by atoms with E-state index >= 15 is 0 Å². The Hall–Kier alpha value is -1.13. The second-order valence-corrected chi connectivity index (χ2v) is 5.86. The molecule has 5 heteroatoms. The number of carbonyl (C=O) groups excluding carboxylic acids is 1. The van der Waals surface area contributed by atoms with Gasteiger partial charge in [0.15, 0.2) is 0 Å². The Morgan fingerprint density at radius 1 is 1.45 bits per heavy atom. The van der Waals surface area contributed by atoms with Crippen LogP contribution in [0.1, 0.15) is 36.5 Å². The van der Waals surface area contributed by atoms with Crippen LogP contribution in [0.15, 0.2) is 18.2 Å². The molecule has 0 bridgehead atoms. The van der Waals surface area contributed by atoms with Gasteiger partial charge in [0, 0.05) is 24.7 Å². The van der Waals surface area contributed by atoms with Gasteiger partial charge in [-0.3, -0.25) is 4.79 Å². The molecule has 1 saturated heterocycles. The van der Waals surface area contributed by atoms with Crippen molar-refractivity contribution in [1.82, 2.24) is 4.90 Å². The lowest BCUT2D eigenvalue weighted by molar-refractivity contribution is 0.0335. The van der Waals surface area contributed by atoms with Crippen molar-refractivity contribution in [3.8, 4) is 0 Å². The second kappa shape index (κ2) is 6.10. The summed E-state index contributed by atoms with van der Waals surface area (Å²) in [5.41, 5.74) is -0.0302. The van der Waals surface area contributed by atoms with Gasteiger partial charge in [0.2, 0.25) is 0 Å². The summed E-state index contributed by atoms with van der Waals surface area (Å²) in [7, 11) is 0. The molecule has 0 radical (unpaired) electrons. The normalized spacial score (nSPS) is 18.1. The van der Waals surface area contributed by atoms with E-state index in [4.69, 9.17) is 11.6 Å². The Morgan fingerprint density at radius 2 is 2.10 bits per heavy atom. The predicted molar refractivity (Wildman–Crippen MR) is 76.4 cm³/mol. The number of benzene rings is 1. The average molecular weight is 300 g/mol. The summed E-state index contributed by atoms with van der Waals surface area (Å²) in [6.07, 6.45) is 2.39. The zero-order chi connectivity index (χ0) is 14.8. The van der Waals surface area contributed by atoms with Crippen LogP contribution in [-0.4, -0.2) is 35.6 Å². The van der Waals surface area contributed by atoms with Crippen LogP contribution in [0.5, 0.6) is 0 Å². The van der Waals surface area contributed by atoms with Gasteiger partial charge in [-0.2, -0.15) is 0 Å². The quantitative estimate of drug-likeness (QED) is 0.931. The van der Waals surface area contributed by atoms with E-state index in [0.29, 0.717) is 13.1 Å². The van der Waals surface area contributed by atoms with Crippen molar-refractivity contribution in [2.24, 2.45) is 5.41 Å². The average Bonchev–Trinajstić information content (AvgIpc) is 2.47. The van der Waals surface area contributed by atoms with Gasteiger partial charge >= 0.3 is 0 Å². The third-order valence-corrected chi connectivity index (χ3v) is 4.59. The third-order valence-electron chi connectivity index (χ3n) is 4.36. The number of halogens is 2. The fourth-order valence-electron chi connectivity index (χ4n) is 2.64. The molecule has 1 fully saturated rings. The lowest BCUT2D eigenvalue weighted by atomic mass is 9.77. The van der Waals surface area contributed by atoms with Crippen LogP contribution >= 0.6 is 11.6 Å². The molecule has 1 aliphatic rings. The second-order valence-electron chi connectivity index (χ2n) is 5.43. The third kappa shape index (κ3) is 2.96. The number of aliphatic hydroxyl groups excluding tert-OH is 1. The molecule has 110 valence electrons. The molecule has 1 heterocycles. The van der Waals surface area contributed by atoms with Crippen molar-refractivity contribution in [2.75, 3.05) is 19.7 Å². The summed E-state index contributed by atoms with van der Waals surface area (Å²) < 4.78 is 13.8. The van der Waals surface area contributed by atoms with Gasteiger partial charge in [0.05, 0.1) is 5.56 Å². The first kappa shape index (κ1) is 15.3. The van der Waals surface area contributed by atoms with Crippen LogP contribution < -0.4 is 0 Å². The number of carbonyl (C=O) groups is 1. The van der Waals surface area contributed by atoms with Gasteiger partial charge in [-0.05, 0) is 42.9 Å². The summed E-state index contributed by atoms with van der Waals surface area (Å²) in [4.78, 5) is 13.9. The van der Waals surface area contributed by atoms with Crippen molar-refractivity contribution in [1.29, 1.82) is 0 Å². The Balaban J connectivity index is 2.09. The highest BCUT2D eigenvalue weighted by molar-refractivity contribution is 6.30. The maximum atomic E-state index is 13.8. The Labute approximate surface area is 123 Å². The lowest BCUT2D eigenvalue weighted by Crippen LogP contribution is -2.44. The predicted octanol–water partition coefficient (Wildman–Crippen LogP) is 3.10. The number of rotatable bonds is 3. The number of likely N-dealkylation sites (tertiary alicyclic amines) is 1. The van der Waals surface area contributed by atoms with Crippen molar-refractivity contribution >= 4 is 17.5 Å². The first-order valence-corrected chi connectivity index (χ1v) is 7.24. The van der Waals surface area contributed by atoms with Gasteiger partial charge in [0.1, 0.15) is 5.82 Å². The van der Waals surface area contributed by atoms with Crippen molar-refractivity contribution in [2.45, 2.75) is 26.2 Å². The number of piperidine rings is 1. The molecular weight excluding hydrogens is 281 g/mol. The minimum Gasteiger partial charge on any atom is -0.396 e. The van der Waals surface area contributed by atoms with E-state index in [1.165, 1.54) is 12.1 Å². The molecule has 1 aromatic rings. The fourth-order valence-corrected chi connectivity index (χ4v) is 2.80. The number of aliphatic hydroxyl groups is 1. The zero-order valence-electron chi connectivity index (χ0n) is 11.5. The van der Waals surface area contributed by atoms with Crippen LogP contribution in [0.4, 0.5) is 4.39 Å². The largest absolute Gasteiger partial charge is 0.396 e. The number of nitrogens with zero attached hydrogens (tertiary/aromatic N) is 1. The molecule has 2 rings (SSSR count). The number of hydrogen-bond donors (Lipinski definition) is 1. The zero-order valence-corrected chi connectivity index (χ0v) is 12.3. The van der Waals surface area contributed by atoms with Crippen LogP contribution in [0.2, 0.25) is 5.02 Å². The fraction of sp³-hybridized carbons (Fsp3) is 0.533. The maximum Gasteiger partial charge on any atom is 0.256 e. The van der Waals surface area contributed by atoms with E-state index in [1.807, 2.05) is 6.92 Å². The molecule has 1 N–H and O–H groups in total. The van der Waals surface area contributed by atoms with Gasteiger partial charge in [-0.25, -0.2) is 4.39 Å². The molecule has 1 aromatic carbocycles. The highest BCUT2D eigenvalue weighted by Gasteiger charge is 2.34. The molecule has 0 saturated carbocycles. The van der Waals surface area contributed by atoms with E-state index in [1.54, 1.807) is 4.90 Å². The van der Waals surface area contributed by atoms with Crippen LogP contribution in [0.25, 0.3) is 0 Å². The van der Waals surface area contributed by atoms with Gasteiger partial charge < -0.3 is 10.0 Å². The number of amides is 1. The molecule has 3 nitrogen and oxygen atoms in total. The van der Waals surface area contributed by atoms with Crippen molar-refractivity contribution in [3.05, 3.63) is 34.6 Å². The molecule has 0 atom stereocenters. The molecular formula is C15H19ClFNO2. The minimum atomic E-state index is -0.586. The van der Waals surface area contributed by atoms with E-state index in [9.17, 15) is 14.3 Å². The molecule has 0 unspecified atom stereocenters. The molecule has 0 aromatic heterocycles. The topological polar surface area (TPSA) is 40.5 Å². The van der Waals surface area contributed by atoms with E-state index in [2.05, 4.69) is 0 Å².